The molecule has 1 saturated heterocycles. The molecule has 1 aliphatic rings. The largest absolute Gasteiger partial charge is 0.326 e. The van der Waals surface area contributed by atoms with E-state index in [0.29, 0.717) is 12.5 Å². The van der Waals surface area contributed by atoms with Crippen molar-refractivity contribution in [1.82, 2.24) is 4.90 Å². The summed E-state index contributed by atoms with van der Waals surface area (Å²) in [6, 6.07) is 6.56. The molecule has 0 aromatic heterocycles. The molecule has 1 fully saturated rings. The first-order chi connectivity index (χ1) is 9.06. The number of likely N-dealkylation sites (tertiary alicyclic amines) is 1. The van der Waals surface area contributed by atoms with Crippen LogP contribution in [0.4, 0.5) is 5.69 Å². The van der Waals surface area contributed by atoms with E-state index in [1.54, 1.807) is 0 Å². The number of carbonyl (C=O) groups excluding carboxylic acids is 1. The Morgan fingerprint density at radius 3 is 2.89 bits per heavy atom. The summed E-state index contributed by atoms with van der Waals surface area (Å²) in [7, 11) is 2.12. The number of piperidine rings is 1. The standard InChI is InChI=1S/C16H24N2O/c1-12-7-8-13(2)15(10-12)17-16(19)11-14-6-4-5-9-18(14)3/h7-8,10,14H,4-6,9,11H2,1-3H3,(H,17,19). The number of hydrogen-bond donors (Lipinski definition) is 1. The number of carbonyl (C=O) groups is 1. The van der Waals surface area contributed by atoms with E-state index in [-0.39, 0.29) is 5.91 Å². The molecule has 1 aromatic carbocycles. The quantitative estimate of drug-likeness (QED) is 0.905. The highest BCUT2D eigenvalue weighted by Gasteiger charge is 2.21. The van der Waals surface area contributed by atoms with Crippen molar-refractivity contribution in [1.29, 1.82) is 0 Å². The van der Waals surface area contributed by atoms with Gasteiger partial charge in [0, 0.05) is 18.2 Å². The lowest BCUT2D eigenvalue weighted by molar-refractivity contribution is -0.117. The molecule has 1 N–H and O–H groups in total. The molecule has 1 unspecified atom stereocenters. The van der Waals surface area contributed by atoms with Crippen LogP contribution in [0.15, 0.2) is 18.2 Å². The molecule has 0 saturated carbocycles. The number of benzene rings is 1. The molecule has 0 radical (unpaired) electrons. The molecule has 0 bridgehead atoms. The zero-order valence-corrected chi connectivity index (χ0v) is 12.2. The van der Waals surface area contributed by atoms with E-state index in [4.69, 9.17) is 0 Å². The van der Waals surface area contributed by atoms with Crippen molar-refractivity contribution in [3.8, 4) is 0 Å². The van der Waals surface area contributed by atoms with Gasteiger partial charge in [0.2, 0.25) is 5.91 Å². The second kappa shape index (κ2) is 6.20. The van der Waals surface area contributed by atoms with E-state index in [0.717, 1.165) is 24.2 Å². The van der Waals surface area contributed by atoms with Crippen molar-refractivity contribution in [2.45, 2.75) is 45.6 Å². The molecule has 104 valence electrons. The topological polar surface area (TPSA) is 32.3 Å². The van der Waals surface area contributed by atoms with Crippen LogP contribution in [0.3, 0.4) is 0 Å². The van der Waals surface area contributed by atoms with Gasteiger partial charge in [0.1, 0.15) is 0 Å². The van der Waals surface area contributed by atoms with Crippen LogP contribution in [-0.2, 0) is 4.79 Å². The fourth-order valence-electron chi connectivity index (χ4n) is 2.69. The van der Waals surface area contributed by atoms with Gasteiger partial charge in [0.25, 0.3) is 0 Å². The third kappa shape index (κ3) is 3.80. The number of hydrogen-bond acceptors (Lipinski definition) is 2. The lowest BCUT2D eigenvalue weighted by Gasteiger charge is -2.32. The van der Waals surface area contributed by atoms with Crippen molar-refractivity contribution in [3.05, 3.63) is 29.3 Å². The monoisotopic (exact) mass is 260 g/mol. The number of amides is 1. The number of anilines is 1. The molecule has 0 aliphatic carbocycles. The van der Waals surface area contributed by atoms with Gasteiger partial charge in [-0.2, -0.15) is 0 Å². The second-order valence-corrected chi connectivity index (χ2v) is 5.70. The van der Waals surface area contributed by atoms with E-state index in [9.17, 15) is 4.79 Å². The van der Waals surface area contributed by atoms with Gasteiger partial charge in [-0.25, -0.2) is 0 Å². The first-order valence-corrected chi connectivity index (χ1v) is 7.13. The van der Waals surface area contributed by atoms with Crippen LogP contribution in [0.25, 0.3) is 0 Å². The van der Waals surface area contributed by atoms with Gasteiger partial charge in [-0.05, 0) is 57.5 Å². The van der Waals surface area contributed by atoms with Crippen LogP contribution < -0.4 is 5.32 Å². The van der Waals surface area contributed by atoms with Crippen LogP contribution in [0.2, 0.25) is 0 Å². The van der Waals surface area contributed by atoms with Gasteiger partial charge >= 0.3 is 0 Å². The highest BCUT2D eigenvalue weighted by atomic mass is 16.1. The van der Waals surface area contributed by atoms with Crippen molar-refractivity contribution in [2.24, 2.45) is 0 Å². The summed E-state index contributed by atoms with van der Waals surface area (Å²) in [4.78, 5) is 14.5. The zero-order chi connectivity index (χ0) is 13.8. The third-order valence-corrected chi connectivity index (χ3v) is 4.01. The lowest BCUT2D eigenvalue weighted by Crippen LogP contribution is -2.38. The molecule has 3 heteroatoms. The van der Waals surface area contributed by atoms with Crippen molar-refractivity contribution < 1.29 is 4.79 Å². The lowest BCUT2D eigenvalue weighted by atomic mass is 9.99. The van der Waals surface area contributed by atoms with E-state index in [1.807, 2.05) is 19.9 Å². The molecule has 1 amide bonds. The Labute approximate surface area is 116 Å². The average molecular weight is 260 g/mol. The van der Waals surface area contributed by atoms with Crippen molar-refractivity contribution in [2.75, 3.05) is 18.9 Å². The number of rotatable bonds is 3. The van der Waals surface area contributed by atoms with E-state index in [1.165, 1.54) is 18.4 Å². The molecule has 0 spiro atoms. The van der Waals surface area contributed by atoms with Crippen LogP contribution >= 0.6 is 0 Å². The predicted octanol–water partition coefficient (Wildman–Crippen LogP) is 3.12. The fraction of sp³-hybridized carbons (Fsp3) is 0.562. The van der Waals surface area contributed by atoms with Crippen molar-refractivity contribution in [3.63, 3.8) is 0 Å². The highest BCUT2D eigenvalue weighted by molar-refractivity contribution is 5.92. The van der Waals surface area contributed by atoms with Gasteiger partial charge in [0.05, 0.1) is 0 Å². The first kappa shape index (κ1) is 14.1. The molecule has 19 heavy (non-hydrogen) atoms. The minimum absolute atomic E-state index is 0.132. The second-order valence-electron chi connectivity index (χ2n) is 5.70. The summed E-state index contributed by atoms with van der Waals surface area (Å²) in [5.41, 5.74) is 3.25. The van der Waals surface area contributed by atoms with Gasteiger partial charge in [-0.3, -0.25) is 4.79 Å². The average Bonchev–Trinajstić information content (AvgIpc) is 2.37. The summed E-state index contributed by atoms with van der Waals surface area (Å²) >= 11 is 0. The molecule has 1 heterocycles. The van der Waals surface area contributed by atoms with Crippen molar-refractivity contribution >= 4 is 11.6 Å². The Morgan fingerprint density at radius 1 is 1.37 bits per heavy atom. The van der Waals surface area contributed by atoms with Gasteiger partial charge in [-0.1, -0.05) is 18.6 Å². The molecule has 1 aliphatic heterocycles. The van der Waals surface area contributed by atoms with Crippen LogP contribution in [0.5, 0.6) is 0 Å². The zero-order valence-electron chi connectivity index (χ0n) is 12.2. The minimum atomic E-state index is 0.132. The first-order valence-electron chi connectivity index (χ1n) is 7.13. The highest BCUT2D eigenvalue weighted by Crippen LogP contribution is 2.20. The van der Waals surface area contributed by atoms with E-state index in [2.05, 4.69) is 29.4 Å². The molecule has 1 aromatic rings. The number of aryl methyl sites for hydroxylation is 2. The maximum atomic E-state index is 12.2. The van der Waals surface area contributed by atoms with E-state index >= 15 is 0 Å². The SMILES string of the molecule is Cc1ccc(C)c(NC(=O)CC2CCCCN2C)c1. The summed E-state index contributed by atoms with van der Waals surface area (Å²) < 4.78 is 0. The summed E-state index contributed by atoms with van der Waals surface area (Å²) in [6.45, 7) is 5.19. The predicted molar refractivity (Wildman–Crippen MR) is 79.4 cm³/mol. The van der Waals surface area contributed by atoms with Crippen LogP contribution in [0, 0.1) is 13.8 Å². The molecule has 2 rings (SSSR count). The third-order valence-electron chi connectivity index (χ3n) is 4.01. The Kier molecular flexibility index (Phi) is 4.59. The fourth-order valence-corrected chi connectivity index (χ4v) is 2.69. The Bertz CT molecular complexity index is 456. The molecular weight excluding hydrogens is 236 g/mol. The van der Waals surface area contributed by atoms with E-state index < -0.39 is 0 Å². The maximum absolute atomic E-state index is 12.2. The van der Waals surface area contributed by atoms with Crippen LogP contribution in [-0.4, -0.2) is 30.4 Å². The molecule has 1 atom stereocenters. The maximum Gasteiger partial charge on any atom is 0.225 e. The smallest absolute Gasteiger partial charge is 0.225 e. The summed E-state index contributed by atoms with van der Waals surface area (Å²) in [5, 5.41) is 3.05. The van der Waals surface area contributed by atoms with Gasteiger partial charge in [0.15, 0.2) is 0 Å². The normalized spacial score (nSPS) is 20.3. The minimum Gasteiger partial charge on any atom is -0.326 e. The molecular formula is C16H24N2O. The Balaban J connectivity index is 1.95. The molecule has 3 nitrogen and oxygen atoms in total. The Hall–Kier alpha value is -1.35. The Morgan fingerprint density at radius 2 is 2.16 bits per heavy atom. The summed E-state index contributed by atoms with van der Waals surface area (Å²) in [5.74, 6) is 0.132. The van der Waals surface area contributed by atoms with Gasteiger partial charge < -0.3 is 10.2 Å². The number of nitrogens with zero attached hydrogens (tertiary/aromatic N) is 1. The van der Waals surface area contributed by atoms with Crippen LogP contribution in [0.1, 0.15) is 36.8 Å². The van der Waals surface area contributed by atoms with Gasteiger partial charge in [-0.15, -0.1) is 0 Å². The summed E-state index contributed by atoms with van der Waals surface area (Å²) in [6.07, 6.45) is 4.23. The number of nitrogens with one attached hydrogen (secondary N) is 1.